The zero-order valence-electron chi connectivity index (χ0n) is 15.0. The number of ether oxygens (including phenoxy) is 1. The number of rotatable bonds is 5. The number of carboxylic acid groups (broad SMARTS) is 1. The first-order valence-corrected chi connectivity index (χ1v) is 8.07. The van der Waals surface area contributed by atoms with Gasteiger partial charge in [-0.3, -0.25) is 10.3 Å². The SMILES string of the molecule is CCN=C(NC(=O)OC(C)(C)C)Nc1cccc(CCNC(=O)O)c1. The number of nitrogens with one attached hydrogen (secondary N) is 3. The molecule has 0 fully saturated rings. The summed E-state index contributed by atoms with van der Waals surface area (Å²) in [5.74, 6) is 0.289. The van der Waals surface area contributed by atoms with Gasteiger partial charge in [0.2, 0.25) is 5.96 Å². The van der Waals surface area contributed by atoms with Crippen molar-refractivity contribution < 1.29 is 19.4 Å². The molecular formula is C17H26N4O4. The third-order valence-corrected chi connectivity index (χ3v) is 2.82. The van der Waals surface area contributed by atoms with Crippen LogP contribution in [0.4, 0.5) is 15.3 Å². The maximum Gasteiger partial charge on any atom is 0.414 e. The van der Waals surface area contributed by atoms with Crippen molar-refractivity contribution in [3.05, 3.63) is 29.8 Å². The summed E-state index contributed by atoms with van der Waals surface area (Å²) in [6.07, 6.45) is -1.08. The second-order valence-corrected chi connectivity index (χ2v) is 6.26. The van der Waals surface area contributed by atoms with Crippen molar-refractivity contribution in [1.29, 1.82) is 0 Å². The van der Waals surface area contributed by atoms with Crippen molar-refractivity contribution >= 4 is 23.8 Å². The van der Waals surface area contributed by atoms with Crippen LogP contribution in [0.1, 0.15) is 33.3 Å². The smallest absolute Gasteiger partial charge is 0.414 e. The third kappa shape index (κ3) is 9.19. The highest BCUT2D eigenvalue weighted by molar-refractivity contribution is 6.02. The molecule has 1 aromatic carbocycles. The number of carbonyl (C=O) groups excluding carboxylic acids is 1. The average Bonchev–Trinajstić information content (AvgIpc) is 2.45. The van der Waals surface area contributed by atoms with Gasteiger partial charge >= 0.3 is 12.2 Å². The molecule has 1 aromatic rings. The van der Waals surface area contributed by atoms with E-state index in [0.717, 1.165) is 11.3 Å². The fourth-order valence-electron chi connectivity index (χ4n) is 1.92. The first-order chi connectivity index (χ1) is 11.7. The Kier molecular flexibility index (Phi) is 7.71. The first-order valence-electron chi connectivity index (χ1n) is 8.07. The summed E-state index contributed by atoms with van der Waals surface area (Å²) in [5.41, 5.74) is 1.08. The number of amides is 2. The molecule has 2 amide bonds. The molecule has 4 N–H and O–H groups in total. The second kappa shape index (κ2) is 9.51. The third-order valence-electron chi connectivity index (χ3n) is 2.82. The van der Waals surface area contributed by atoms with Gasteiger partial charge in [0.15, 0.2) is 0 Å². The summed E-state index contributed by atoms with van der Waals surface area (Å²) >= 11 is 0. The molecule has 0 unspecified atom stereocenters. The highest BCUT2D eigenvalue weighted by Gasteiger charge is 2.17. The molecule has 0 aliphatic carbocycles. The lowest BCUT2D eigenvalue weighted by Gasteiger charge is -2.20. The maximum absolute atomic E-state index is 11.9. The van der Waals surface area contributed by atoms with Crippen molar-refractivity contribution in [3.63, 3.8) is 0 Å². The van der Waals surface area contributed by atoms with Crippen molar-refractivity contribution in [1.82, 2.24) is 10.6 Å². The summed E-state index contributed by atoms with van der Waals surface area (Å²) in [5, 5.41) is 16.5. The van der Waals surface area contributed by atoms with E-state index in [1.807, 2.05) is 31.2 Å². The minimum absolute atomic E-state index is 0.289. The van der Waals surface area contributed by atoms with Gasteiger partial charge in [0.05, 0.1) is 0 Å². The molecular weight excluding hydrogens is 324 g/mol. The van der Waals surface area contributed by atoms with Crippen molar-refractivity contribution in [3.8, 4) is 0 Å². The van der Waals surface area contributed by atoms with Gasteiger partial charge in [-0.2, -0.15) is 0 Å². The van der Waals surface area contributed by atoms with Crippen LogP contribution in [0.2, 0.25) is 0 Å². The van der Waals surface area contributed by atoms with Gasteiger partial charge in [-0.05, 0) is 51.8 Å². The molecule has 8 heteroatoms. The molecule has 0 aliphatic rings. The Balaban J connectivity index is 2.70. The van der Waals surface area contributed by atoms with E-state index in [2.05, 4.69) is 20.9 Å². The standard InChI is InChI=1S/C17H26N4O4/c1-5-18-14(21-16(24)25-17(2,3)4)20-13-8-6-7-12(11-13)9-10-19-15(22)23/h6-8,11,19H,5,9-10H2,1-4H3,(H,22,23)(H2,18,20,21,24). The molecule has 138 valence electrons. The topological polar surface area (TPSA) is 112 Å². The molecule has 0 heterocycles. The van der Waals surface area contributed by atoms with Crippen LogP contribution in [0.3, 0.4) is 0 Å². The molecule has 0 aliphatic heterocycles. The predicted molar refractivity (Wildman–Crippen MR) is 97.1 cm³/mol. The predicted octanol–water partition coefficient (Wildman–Crippen LogP) is 2.81. The van der Waals surface area contributed by atoms with Crippen LogP contribution in [-0.4, -0.2) is 41.9 Å². The summed E-state index contributed by atoms with van der Waals surface area (Å²) in [6, 6.07) is 7.43. The summed E-state index contributed by atoms with van der Waals surface area (Å²) < 4.78 is 5.22. The summed E-state index contributed by atoms with van der Waals surface area (Å²) in [7, 11) is 0. The minimum atomic E-state index is -1.05. The molecule has 8 nitrogen and oxygen atoms in total. The number of hydrogen-bond acceptors (Lipinski definition) is 4. The van der Waals surface area contributed by atoms with Crippen LogP contribution in [0.25, 0.3) is 0 Å². The number of carbonyl (C=O) groups is 2. The number of alkyl carbamates (subject to hydrolysis) is 1. The van der Waals surface area contributed by atoms with E-state index < -0.39 is 17.8 Å². The lowest BCUT2D eigenvalue weighted by atomic mass is 10.1. The Morgan fingerprint density at radius 2 is 2.00 bits per heavy atom. The van der Waals surface area contributed by atoms with Crippen molar-refractivity contribution in [2.75, 3.05) is 18.4 Å². The van der Waals surface area contributed by atoms with Crippen LogP contribution in [0.15, 0.2) is 29.3 Å². The average molecular weight is 350 g/mol. The van der Waals surface area contributed by atoms with Crippen LogP contribution >= 0.6 is 0 Å². The normalized spacial score (nSPS) is 11.6. The maximum atomic E-state index is 11.9. The van der Waals surface area contributed by atoms with Gasteiger partial charge in [0, 0.05) is 18.8 Å². The van der Waals surface area contributed by atoms with Gasteiger partial charge in [0.1, 0.15) is 5.60 Å². The van der Waals surface area contributed by atoms with Gasteiger partial charge in [-0.15, -0.1) is 0 Å². The van der Waals surface area contributed by atoms with Crippen molar-refractivity contribution in [2.24, 2.45) is 4.99 Å². The fraction of sp³-hybridized carbons (Fsp3) is 0.471. The highest BCUT2D eigenvalue weighted by Crippen LogP contribution is 2.11. The molecule has 25 heavy (non-hydrogen) atoms. The Bertz CT molecular complexity index is 623. The summed E-state index contributed by atoms with van der Waals surface area (Å²) in [4.78, 5) is 26.6. The van der Waals surface area contributed by atoms with Crippen LogP contribution in [-0.2, 0) is 11.2 Å². The van der Waals surface area contributed by atoms with E-state index in [-0.39, 0.29) is 5.96 Å². The van der Waals surface area contributed by atoms with Gasteiger partial charge < -0.3 is 20.5 Å². The number of nitrogens with zero attached hydrogens (tertiary/aromatic N) is 1. The van der Waals surface area contributed by atoms with Crippen LogP contribution in [0.5, 0.6) is 0 Å². The monoisotopic (exact) mass is 350 g/mol. The zero-order chi connectivity index (χ0) is 18.9. The Morgan fingerprint density at radius 1 is 1.28 bits per heavy atom. The van der Waals surface area contributed by atoms with Crippen LogP contribution in [0, 0.1) is 0 Å². The number of guanidine groups is 1. The Hall–Kier alpha value is -2.77. The number of benzene rings is 1. The number of anilines is 1. The van der Waals surface area contributed by atoms with E-state index in [4.69, 9.17) is 9.84 Å². The molecule has 0 atom stereocenters. The molecule has 0 saturated heterocycles. The van der Waals surface area contributed by atoms with E-state index in [1.165, 1.54) is 0 Å². The lowest BCUT2D eigenvalue weighted by molar-refractivity contribution is 0.0563. The Labute approximate surface area is 147 Å². The largest absolute Gasteiger partial charge is 0.465 e. The fourth-order valence-corrected chi connectivity index (χ4v) is 1.92. The van der Waals surface area contributed by atoms with Gasteiger partial charge in [-0.25, -0.2) is 9.59 Å². The molecule has 0 spiro atoms. The van der Waals surface area contributed by atoms with Gasteiger partial charge in [0.25, 0.3) is 0 Å². The van der Waals surface area contributed by atoms with Crippen molar-refractivity contribution in [2.45, 2.75) is 39.7 Å². The van der Waals surface area contributed by atoms with Crippen LogP contribution < -0.4 is 16.0 Å². The molecule has 0 bridgehead atoms. The molecule has 1 rings (SSSR count). The number of aliphatic imine (C=N–C) groups is 1. The van der Waals surface area contributed by atoms with E-state index in [9.17, 15) is 9.59 Å². The van der Waals surface area contributed by atoms with E-state index in [1.54, 1.807) is 20.8 Å². The van der Waals surface area contributed by atoms with Gasteiger partial charge in [-0.1, -0.05) is 12.1 Å². The lowest BCUT2D eigenvalue weighted by Crippen LogP contribution is -2.40. The summed E-state index contributed by atoms with van der Waals surface area (Å²) in [6.45, 7) is 8.01. The number of hydrogen-bond donors (Lipinski definition) is 4. The first kappa shape index (κ1) is 20.3. The second-order valence-electron chi connectivity index (χ2n) is 6.26. The van der Waals surface area contributed by atoms with E-state index >= 15 is 0 Å². The molecule has 0 radical (unpaired) electrons. The molecule has 0 saturated carbocycles. The van der Waals surface area contributed by atoms with E-state index in [0.29, 0.717) is 19.5 Å². The zero-order valence-corrected chi connectivity index (χ0v) is 15.0. The minimum Gasteiger partial charge on any atom is -0.465 e. The molecule has 0 aromatic heterocycles. The quantitative estimate of drug-likeness (QED) is 0.482. The Morgan fingerprint density at radius 3 is 2.60 bits per heavy atom. The highest BCUT2D eigenvalue weighted by atomic mass is 16.6.